The van der Waals surface area contributed by atoms with Crippen molar-refractivity contribution >= 4 is 10.8 Å². The van der Waals surface area contributed by atoms with Crippen LogP contribution in [-0.2, 0) is 20.1 Å². The van der Waals surface area contributed by atoms with Crippen LogP contribution in [0, 0.1) is 19.9 Å². The van der Waals surface area contributed by atoms with Crippen molar-refractivity contribution < 1.29 is 20.1 Å². The fourth-order valence-corrected chi connectivity index (χ4v) is 3.15. The van der Waals surface area contributed by atoms with Crippen LogP contribution in [0.15, 0.2) is 72.9 Å². The monoisotopic (exact) mass is 501 g/mol. The molecule has 1 heterocycles. The van der Waals surface area contributed by atoms with Gasteiger partial charge in [-0.25, -0.2) is 0 Å². The van der Waals surface area contributed by atoms with Gasteiger partial charge in [0.05, 0.1) is 0 Å². The summed E-state index contributed by atoms with van der Waals surface area (Å²) in [4.78, 5) is 4.62. The van der Waals surface area contributed by atoms with Gasteiger partial charge < -0.3 is 4.98 Å². The first kappa shape index (κ1) is 17.5. The van der Waals surface area contributed by atoms with Gasteiger partial charge in [-0.3, -0.25) is 0 Å². The minimum Gasteiger partial charge on any atom is -0.304 e. The maximum absolute atomic E-state index is 4.62. The van der Waals surface area contributed by atoms with Crippen LogP contribution in [-0.4, -0.2) is 4.98 Å². The van der Waals surface area contributed by atoms with Crippen molar-refractivity contribution in [1.29, 1.82) is 0 Å². The number of benzene rings is 3. The maximum atomic E-state index is 4.62. The van der Waals surface area contributed by atoms with Crippen molar-refractivity contribution in [2.45, 2.75) is 13.8 Å². The molecule has 4 aromatic rings. The normalized spacial score (nSPS) is 10.5. The molecule has 3 aromatic carbocycles. The van der Waals surface area contributed by atoms with Crippen molar-refractivity contribution in [3.63, 3.8) is 0 Å². The molecular weight excluding hydrogens is 482 g/mol. The minimum absolute atomic E-state index is 0. The van der Waals surface area contributed by atoms with E-state index in [-0.39, 0.29) is 20.1 Å². The summed E-state index contributed by atoms with van der Waals surface area (Å²) in [6.07, 6.45) is 1.87. The van der Waals surface area contributed by atoms with Gasteiger partial charge in [0.2, 0.25) is 0 Å². The van der Waals surface area contributed by atoms with Crippen molar-refractivity contribution in [2.75, 3.05) is 0 Å². The van der Waals surface area contributed by atoms with Gasteiger partial charge in [0.1, 0.15) is 0 Å². The third-order valence-electron chi connectivity index (χ3n) is 4.43. The van der Waals surface area contributed by atoms with E-state index in [0.29, 0.717) is 0 Å². The van der Waals surface area contributed by atoms with Crippen molar-refractivity contribution in [3.05, 3.63) is 90.1 Å². The molecule has 0 fully saturated rings. The van der Waals surface area contributed by atoms with E-state index in [9.17, 15) is 0 Å². The molecule has 4 rings (SSSR count). The molecule has 0 unspecified atom stereocenters. The fraction of sp³-hybridized carbons (Fsp3) is 0.0870. The van der Waals surface area contributed by atoms with E-state index in [0.717, 1.165) is 16.6 Å². The van der Waals surface area contributed by atoms with Gasteiger partial charge in [-0.05, 0) is 47.5 Å². The zero-order chi connectivity index (χ0) is 16.5. The quantitative estimate of drug-likeness (QED) is 0.309. The van der Waals surface area contributed by atoms with E-state index in [1.54, 1.807) is 0 Å². The summed E-state index contributed by atoms with van der Waals surface area (Å²) in [6.45, 7) is 4.28. The third-order valence-corrected chi connectivity index (χ3v) is 4.43. The molecule has 1 nitrogen and oxygen atoms in total. The number of hydrogen-bond donors (Lipinski definition) is 0. The molecule has 0 spiro atoms. The van der Waals surface area contributed by atoms with Gasteiger partial charge in [-0.2, -0.15) is 0 Å². The van der Waals surface area contributed by atoms with Crippen molar-refractivity contribution in [2.24, 2.45) is 0 Å². The molecule has 0 aliphatic carbocycles. The van der Waals surface area contributed by atoms with Gasteiger partial charge in [-0.15, -0.1) is 35.4 Å². The number of rotatable bonds is 2. The molecule has 0 aliphatic heterocycles. The predicted molar refractivity (Wildman–Crippen MR) is 101 cm³/mol. The number of aryl methyl sites for hydroxylation is 2. The Morgan fingerprint density at radius 2 is 1.72 bits per heavy atom. The molecule has 2 heteroatoms. The molecule has 0 amide bonds. The molecule has 25 heavy (non-hydrogen) atoms. The maximum Gasteiger partial charge on any atom is 0.0167 e. The van der Waals surface area contributed by atoms with Crippen LogP contribution >= 0.6 is 0 Å². The smallest absolute Gasteiger partial charge is 0.0167 e. The average Bonchev–Trinajstić information content (AvgIpc) is 2.63. The summed E-state index contributed by atoms with van der Waals surface area (Å²) in [6, 6.07) is 26.6. The molecule has 0 bridgehead atoms. The number of aromatic nitrogens is 1. The molecule has 0 saturated heterocycles. The molecule has 125 valence electrons. The summed E-state index contributed by atoms with van der Waals surface area (Å²) in [5.41, 5.74) is 7.05. The average molecular weight is 501 g/mol. The number of hydrogen-bond acceptors (Lipinski definition) is 1. The number of fused-ring (bicyclic) bond motifs is 1. The number of nitrogens with zero attached hydrogens (tertiary/aromatic N) is 1. The third kappa shape index (κ3) is 3.42. The first-order valence-corrected chi connectivity index (χ1v) is 8.16. The Kier molecular flexibility index (Phi) is 5.13. The van der Waals surface area contributed by atoms with Crippen molar-refractivity contribution in [1.82, 2.24) is 4.98 Å². The molecular formula is C23H18IrN-. The summed E-state index contributed by atoms with van der Waals surface area (Å²) >= 11 is 0. The Morgan fingerprint density at radius 3 is 2.60 bits per heavy atom. The van der Waals surface area contributed by atoms with E-state index in [1.165, 1.54) is 27.6 Å². The standard InChI is InChI=1S/C23H18N.Ir/c1-16-10-11-17(2)22(14-16)19-7-5-8-20(15-19)23-21-9-4-3-6-18(21)12-13-24-23;/h3-7,9-15H,1-2H3;/q-1;. The second-order valence-corrected chi connectivity index (χ2v) is 6.19. The molecule has 0 aliphatic rings. The largest absolute Gasteiger partial charge is 0.304 e. The summed E-state index contributed by atoms with van der Waals surface area (Å²) < 4.78 is 0. The van der Waals surface area contributed by atoms with E-state index >= 15 is 0 Å². The van der Waals surface area contributed by atoms with E-state index < -0.39 is 0 Å². The first-order chi connectivity index (χ1) is 11.7. The van der Waals surface area contributed by atoms with E-state index in [2.05, 4.69) is 79.5 Å². The van der Waals surface area contributed by atoms with Gasteiger partial charge >= 0.3 is 0 Å². The molecule has 1 aromatic heterocycles. The van der Waals surface area contributed by atoms with E-state index in [4.69, 9.17) is 0 Å². The Labute approximate surface area is 162 Å². The Balaban J connectivity index is 0.00000182. The zero-order valence-electron chi connectivity index (χ0n) is 14.2. The second kappa shape index (κ2) is 7.31. The van der Waals surface area contributed by atoms with Crippen LogP contribution in [0.25, 0.3) is 33.2 Å². The molecule has 0 atom stereocenters. The van der Waals surface area contributed by atoms with Crippen LogP contribution in [0.5, 0.6) is 0 Å². The van der Waals surface area contributed by atoms with Gasteiger partial charge in [0, 0.05) is 26.3 Å². The van der Waals surface area contributed by atoms with Crippen LogP contribution in [0.4, 0.5) is 0 Å². The first-order valence-electron chi connectivity index (χ1n) is 8.16. The zero-order valence-corrected chi connectivity index (χ0v) is 16.6. The van der Waals surface area contributed by atoms with Gasteiger partial charge in [0.25, 0.3) is 0 Å². The van der Waals surface area contributed by atoms with Crippen LogP contribution in [0.3, 0.4) is 0 Å². The Morgan fingerprint density at radius 1 is 0.880 bits per heavy atom. The van der Waals surface area contributed by atoms with Gasteiger partial charge in [-0.1, -0.05) is 48.0 Å². The molecule has 1 radical (unpaired) electrons. The summed E-state index contributed by atoms with van der Waals surface area (Å²) in [5, 5.41) is 2.36. The van der Waals surface area contributed by atoms with Gasteiger partial charge in [0.15, 0.2) is 0 Å². The molecule has 0 N–H and O–H groups in total. The fourth-order valence-electron chi connectivity index (χ4n) is 3.15. The topological polar surface area (TPSA) is 12.9 Å². The minimum atomic E-state index is 0. The molecule has 0 saturated carbocycles. The number of pyridine rings is 1. The second-order valence-electron chi connectivity index (χ2n) is 6.19. The SMILES string of the molecule is Cc1ccc(C)c(-c2cc[c-]c(-c3nccc4ccccc34)c2)c1.[Ir]. The van der Waals surface area contributed by atoms with Crippen LogP contribution < -0.4 is 0 Å². The Bertz CT molecular complexity index is 1030. The van der Waals surface area contributed by atoms with E-state index in [1.807, 2.05) is 18.3 Å². The predicted octanol–water partition coefficient (Wildman–Crippen LogP) is 5.98. The van der Waals surface area contributed by atoms with Crippen LogP contribution in [0.2, 0.25) is 0 Å². The summed E-state index contributed by atoms with van der Waals surface area (Å²) in [5.74, 6) is 0. The van der Waals surface area contributed by atoms with Crippen molar-refractivity contribution in [3.8, 4) is 22.4 Å². The summed E-state index contributed by atoms with van der Waals surface area (Å²) in [7, 11) is 0. The Hall–Kier alpha value is -2.28. The van der Waals surface area contributed by atoms with Crippen LogP contribution in [0.1, 0.15) is 11.1 Å².